The van der Waals surface area contributed by atoms with Crippen LogP contribution in [0.4, 0.5) is 11.4 Å². The van der Waals surface area contributed by atoms with Gasteiger partial charge in [-0.1, -0.05) is 38.1 Å². The number of aromatic nitrogens is 4. The number of nitrogens with zero attached hydrogens (tertiary/aromatic N) is 4. The number of amides is 2. The van der Waals surface area contributed by atoms with E-state index in [0.29, 0.717) is 17.3 Å². The van der Waals surface area contributed by atoms with Crippen LogP contribution in [-0.4, -0.2) is 31.4 Å². The average Bonchev–Trinajstić information content (AvgIpc) is 3.23. The van der Waals surface area contributed by atoms with Crippen LogP contribution in [0.5, 0.6) is 0 Å². The maximum absolute atomic E-state index is 12.7. The Morgan fingerprint density at radius 1 is 0.967 bits per heavy atom. The van der Waals surface area contributed by atoms with E-state index in [1.54, 1.807) is 31.1 Å². The fraction of sp³-hybridized carbons (Fsp3) is 0.273. The molecule has 0 atom stereocenters. The van der Waals surface area contributed by atoms with Gasteiger partial charge in [0.25, 0.3) is 5.91 Å². The van der Waals surface area contributed by atoms with Gasteiger partial charge in [-0.25, -0.2) is 0 Å². The monoisotopic (exact) mass is 406 g/mol. The first-order valence-corrected chi connectivity index (χ1v) is 9.67. The summed E-state index contributed by atoms with van der Waals surface area (Å²) < 4.78 is 3.09. The Morgan fingerprint density at radius 2 is 1.60 bits per heavy atom. The third-order valence-electron chi connectivity index (χ3n) is 4.93. The summed E-state index contributed by atoms with van der Waals surface area (Å²) in [5, 5.41) is 13.7. The van der Waals surface area contributed by atoms with E-state index in [4.69, 9.17) is 0 Å². The molecule has 0 aliphatic heterocycles. The molecule has 0 saturated carbocycles. The highest BCUT2D eigenvalue weighted by Crippen LogP contribution is 2.19. The van der Waals surface area contributed by atoms with Crippen LogP contribution in [0.25, 0.3) is 6.08 Å². The summed E-state index contributed by atoms with van der Waals surface area (Å²) in [5.74, 6) is -0.269. The number of benzene rings is 1. The lowest BCUT2D eigenvalue weighted by Gasteiger charge is -2.08. The maximum Gasteiger partial charge on any atom is 0.276 e. The third kappa shape index (κ3) is 4.65. The molecule has 2 N–H and O–H groups in total. The second kappa shape index (κ2) is 8.77. The van der Waals surface area contributed by atoms with Crippen LogP contribution in [-0.2, 0) is 18.9 Å². The molecule has 0 aliphatic carbocycles. The van der Waals surface area contributed by atoms with E-state index in [2.05, 4.69) is 34.7 Å². The zero-order valence-electron chi connectivity index (χ0n) is 17.8. The smallest absolute Gasteiger partial charge is 0.276 e. The molecule has 8 nitrogen and oxygen atoms in total. The molecular formula is C22H26N6O2. The van der Waals surface area contributed by atoms with Gasteiger partial charge >= 0.3 is 0 Å². The molecule has 2 heterocycles. The fourth-order valence-electron chi connectivity index (χ4n) is 2.94. The Morgan fingerprint density at radius 3 is 2.20 bits per heavy atom. The number of anilines is 2. The molecular weight excluding hydrogens is 380 g/mol. The van der Waals surface area contributed by atoms with Gasteiger partial charge in [-0.05, 0) is 30.0 Å². The quantitative estimate of drug-likeness (QED) is 0.613. The van der Waals surface area contributed by atoms with Crippen LogP contribution < -0.4 is 10.6 Å². The maximum atomic E-state index is 12.7. The summed E-state index contributed by atoms with van der Waals surface area (Å²) in [4.78, 5) is 25.1. The Hall–Kier alpha value is -3.68. The van der Waals surface area contributed by atoms with Crippen LogP contribution in [0.3, 0.4) is 0 Å². The van der Waals surface area contributed by atoms with Crippen molar-refractivity contribution in [2.75, 3.05) is 10.6 Å². The summed E-state index contributed by atoms with van der Waals surface area (Å²) in [6.07, 6.45) is 6.20. The summed E-state index contributed by atoms with van der Waals surface area (Å²) in [6, 6.07) is 8.04. The molecule has 8 heteroatoms. The molecule has 0 spiro atoms. The predicted octanol–water partition coefficient (Wildman–Crippen LogP) is 3.49. The molecule has 0 bridgehead atoms. The van der Waals surface area contributed by atoms with E-state index in [-0.39, 0.29) is 17.5 Å². The Kier molecular flexibility index (Phi) is 6.15. The van der Waals surface area contributed by atoms with Crippen molar-refractivity contribution in [3.8, 4) is 0 Å². The Balaban J connectivity index is 1.70. The zero-order chi connectivity index (χ0) is 21.8. The lowest BCUT2D eigenvalue weighted by atomic mass is 10.0. The van der Waals surface area contributed by atoms with Crippen LogP contribution >= 0.6 is 0 Å². The molecule has 156 valence electrons. The van der Waals surface area contributed by atoms with Crippen LogP contribution in [0.15, 0.2) is 42.7 Å². The minimum Gasteiger partial charge on any atom is -0.319 e. The lowest BCUT2D eigenvalue weighted by molar-refractivity contribution is -0.111. The molecule has 0 aliphatic rings. The van der Waals surface area contributed by atoms with Gasteiger partial charge in [-0.2, -0.15) is 10.2 Å². The normalized spacial score (nSPS) is 11.3. The van der Waals surface area contributed by atoms with Crippen molar-refractivity contribution in [1.29, 1.82) is 0 Å². The molecule has 0 radical (unpaired) electrons. The average molecular weight is 406 g/mol. The lowest BCUT2D eigenvalue weighted by Crippen LogP contribution is -2.19. The van der Waals surface area contributed by atoms with Gasteiger partial charge in [0.05, 0.1) is 29.5 Å². The van der Waals surface area contributed by atoms with E-state index >= 15 is 0 Å². The van der Waals surface area contributed by atoms with Crippen LogP contribution in [0.2, 0.25) is 0 Å². The van der Waals surface area contributed by atoms with Gasteiger partial charge in [0, 0.05) is 20.2 Å². The number of nitrogens with one attached hydrogen (secondary N) is 2. The molecule has 2 amide bonds. The van der Waals surface area contributed by atoms with E-state index in [9.17, 15) is 9.59 Å². The molecule has 1 aromatic carbocycles. The highest BCUT2D eigenvalue weighted by molar-refractivity contribution is 6.10. The van der Waals surface area contributed by atoms with Crippen molar-refractivity contribution in [3.63, 3.8) is 0 Å². The number of carbonyl (C=O) groups excluding carboxylic acids is 2. The second-order valence-corrected chi connectivity index (χ2v) is 7.40. The summed E-state index contributed by atoms with van der Waals surface area (Å²) in [5.41, 5.74) is 4.17. The van der Waals surface area contributed by atoms with Gasteiger partial charge < -0.3 is 10.6 Å². The molecule has 3 aromatic rings. The number of rotatable bonds is 6. The van der Waals surface area contributed by atoms with E-state index < -0.39 is 0 Å². The topological polar surface area (TPSA) is 93.8 Å². The minimum absolute atomic E-state index is 0.251. The van der Waals surface area contributed by atoms with Gasteiger partial charge in [-0.3, -0.25) is 19.0 Å². The van der Waals surface area contributed by atoms with Crippen molar-refractivity contribution >= 4 is 29.3 Å². The van der Waals surface area contributed by atoms with Crippen LogP contribution in [0.1, 0.15) is 47.1 Å². The highest BCUT2D eigenvalue weighted by atomic mass is 16.2. The van der Waals surface area contributed by atoms with Crippen molar-refractivity contribution in [1.82, 2.24) is 19.6 Å². The SMILES string of the molecule is Cc1c(NC(=O)c2c(NC(=O)/C=C/c3ccc(C(C)C)cc3)cnn2C)cnn1C. The van der Waals surface area contributed by atoms with Crippen molar-refractivity contribution in [2.24, 2.45) is 14.1 Å². The highest BCUT2D eigenvalue weighted by Gasteiger charge is 2.19. The van der Waals surface area contributed by atoms with Crippen molar-refractivity contribution < 1.29 is 9.59 Å². The summed E-state index contributed by atoms with van der Waals surface area (Å²) in [6.45, 7) is 6.12. The van der Waals surface area contributed by atoms with Gasteiger partial charge in [0.15, 0.2) is 0 Å². The summed E-state index contributed by atoms with van der Waals surface area (Å²) >= 11 is 0. The Bertz CT molecular complexity index is 1090. The number of aryl methyl sites for hydroxylation is 2. The zero-order valence-corrected chi connectivity index (χ0v) is 17.8. The standard InChI is InChI=1S/C22H26N6O2/c1-14(2)17-9-6-16(7-10-17)8-11-20(29)25-19-13-24-28(5)21(19)22(30)26-18-12-23-27(4)15(18)3/h6-14H,1-5H3,(H,25,29)(H,26,30)/b11-8+. The molecule has 3 rings (SSSR count). The third-order valence-corrected chi connectivity index (χ3v) is 4.93. The number of hydrogen-bond acceptors (Lipinski definition) is 4. The predicted molar refractivity (Wildman–Crippen MR) is 117 cm³/mol. The number of carbonyl (C=O) groups is 2. The van der Waals surface area contributed by atoms with Crippen molar-refractivity contribution in [2.45, 2.75) is 26.7 Å². The van der Waals surface area contributed by atoms with E-state index in [1.165, 1.54) is 22.5 Å². The minimum atomic E-state index is -0.380. The van der Waals surface area contributed by atoms with Crippen molar-refractivity contribution in [3.05, 3.63) is 65.2 Å². The van der Waals surface area contributed by atoms with Gasteiger partial charge in [0.1, 0.15) is 5.69 Å². The van der Waals surface area contributed by atoms with E-state index in [0.717, 1.165) is 11.3 Å². The number of hydrogen-bond donors (Lipinski definition) is 2. The molecule has 2 aromatic heterocycles. The Labute approximate surface area is 175 Å². The largest absolute Gasteiger partial charge is 0.319 e. The molecule has 0 unspecified atom stereocenters. The van der Waals surface area contributed by atoms with Gasteiger partial charge in [0.2, 0.25) is 5.91 Å². The first kappa shape index (κ1) is 21.0. The fourth-order valence-corrected chi connectivity index (χ4v) is 2.94. The summed E-state index contributed by atoms with van der Waals surface area (Å²) in [7, 11) is 3.44. The molecule has 30 heavy (non-hydrogen) atoms. The van der Waals surface area contributed by atoms with Crippen LogP contribution in [0, 0.1) is 6.92 Å². The molecule has 0 saturated heterocycles. The first-order chi connectivity index (χ1) is 14.3. The molecule has 0 fully saturated rings. The second-order valence-electron chi connectivity index (χ2n) is 7.40. The van der Waals surface area contributed by atoms with E-state index in [1.807, 2.05) is 31.2 Å². The van der Waals surface area contributed by atoms with Gasteiger partial charge in [-0.15, -0.1) is 0 Å². The first-order valence-electron chi connectivity index (χ1n) is 9.67.